The van der Waals surface area contributed by atoms with Gasteiger partial charge in [-0.1, -0.05) is 173 Å². The molecule has 0 unspecified atom stereocenters. The van der Waals surface area contributed by atoms with Crippen LogP contribution in [0.5, 0.6) is 0 Å². The minimum atomic E-state index is -0.551. The van der Waals surface area contributed by atoms with Crippen LogP contribution in [0, 0.1) is 16.2 Å². The fourth-order valence-corrected chi connectivity index (χ4v) is 6.13. The Bertz CT molecular complexity index is 1680. The van der Waals surface area contributed by atoms with Crippen LogP contribution in [0.3, 0.4) is 0 Å². The van der Waals surface area contributed by atoms with Gasteiger partial charge in [-0.05, 0) is 34.7 Å². The van der Waals surface area contributed by atoms with E-state index in [2.05, 4.69) is 81.4 Å². The van der Waals surface area contributed by atoms with Crippen molar-refractivity contribution >= 4 is 17.3 Å². The molecule has 0 N–H and O–H groups in total. The highest BCUT2D eigenvalue weighted by Gasteiger charge is 2.34. The van der Waals surface area contributed by atoms with Gasteiger partial charge in [0.2, 0.25) is 0 Å². The number of hydrogen-bond donors (Lipinski definition) is 0. The topological polar surface area (TPSA) is 51.2 Å². The molecular weight excluding hydrogens is 576 g/mol. The van der Waals surface area contributed by atoms with Gasteiger partial charge in [0.25, 0.3) is 0 Å². The predicted octanol–water partition coefficient (Wildman–Crippen LogP) is 11.1. The van der Waals surface area contributed by atoms with Crippen LogP contribution < -0.4 is 0 Å². The van der Waals surface area contributed by atoms with E-state index in [4.69, 9.17) is 0 Å². The monoisotopic (exact) mass is 628 g/mol. The van der Waals surface area contributed by atoms with Gasteiger partial charge in [0, 0.05) is 43.8 Å². The molecule has 246 valence electrons. The van der Waals surface area contributed by atoms with E-state index in [0.717, 1.165) is 33.4 Å². The number of rotatable bonds is 8. The molecule has 0 aromatic heterocycles. The first-order chi connectivity index (χ1) is 21.6. The molecule has 0 heterocycles. The van der Waals surface area contributed by atoms with Gasteiger partial charge in [-0.2, -0.15) is 0 Å². The van der Waals surface area contributed by atoms with Crippen molar-refractivity contribution in [1.82, 2.24) is 0 Å². The number of benzene rings is 4. The number of ketones is 3. The predicted molar refractivity (Wildman–Crippen MR) is 195 cm³/mol. The van der Waals surface area contributed by atoms with E-state index in [1.54, 1.807) is 0 Å². The molecule has 0 bridgehead atoms. The van der Waals surface area contributed by atoms with Crippen molar-refractivity contribution in [2.75, 3.05) is 0 Å². The molecule has 0 saturated carbocycles. The molecule has 0 saturated heterocycles. The summed E-state index contributed by atoms with van der Waals surface area (Å²) in [5.41, 5.74) is 5.44. The van der Waals surface area contributed by atoms with Crippen molar-refractivity contribution in [2.24, 2.45) is 16.2 Å². The first kappa shape index (κ1) is 35.7. The van der Waals surface area contributed by atoms with Crippen molar-refractivity contribution in [3.63, 3.8) is 0 Å². The Morgan fingerprint density at radius 1 is 0.319 bits per heavy atom. The molecule has 4 aromatic carbocycles. The highest BCUT2D eigenvalue weighted by molar-refractivity contribution is 6.01. The smallest absolute Gasteiger partial charge is 0.168 e. The highest BCUT2D eigenvalue weighted by Crippen LogP contribution is 2.41. The summed E-state index contributed by atoms with van der Waals surface area (Å²) in [6.07, 6.45) is 0. The number of carbonyl (C=O) groups excluding carboxylic acids is 3. The summed E-state index contributed by atoms with van der Waals surface area (Å²) in [6, 6.07) is 32.8. The zero-order valence-electron chi connectivity index (χ0n) is 30.5. The normalized spacial score (nSPS) is 12.9. The summed E-state index contributed by atoms with van der Waals surface area (Å²) >= 11 is 0. The summed E-state index contributed by atoms with van der Waals surface area (Å²) < 4.78 is 0. The average molecular weight is 629 g/mol. The maximum absolute atomic E-state index is 13.0. The SMILES string of the molecule is CC(C)(C)C(=O)c1ccc(C(C)(C)c2ccc(C(C)(c3ccc(C(=O)C(C)(C)C)cc3)c3ccc(C(=O)C(C)(C)C)cc3)cc2)cc1. The third kappa shape index (κ3) is 7.25. The zero-order chi connectivity index (χ0) is 35.2. The standard InChI is InChI=1S/C44H52O3/c1-40(2,3)37(45)29-13-19-32(20-14-29)43(10,11)33-25-27-36(28-26-33)44(12,34-21-15-30(16-22-34)38(46)41(4,5)6)35-23-17-31(18-24-35)39(47)42(7,8)9/h13-28H,1-12H3. The lowest BCUT2D eigenvalue weighted by Crippen LogP contribution is -2.27. The van der Waals surface area contributed by atoms with Crippen molar-refractivity contribution < 1.29 is 14.4 Å². The zero-order valence-corrected chi connectivity index (χ0v) is 30.5. The van der Waals surface area contributed by atoms with Gasteiger partial charge < -0.3 is 0 Å². The molecule has 0 aliphatic heterocycles. The van der Waals surface area contributed by atoms with Crippen molar-refractivity contribution in [3.8, 4) is 0 Å². The lowest BCUT2D eigenvalue weighted by molar-refractivity contribution is 0.0852. The Morgan fingerprint density at radius 2 is 0.511 bits per heavy atom. The van der Waals surface area contributed by atoms with E-state index in [1.165, 1.54) is 0 Å². The van der Waals surface area contributed by atoms with Gasteiger partial charge in [0.15, 0.2) is 17.3 Å². The lowest BCUT2D eigenvalue weighted by atomic mass is 9.69. The van der Waals surface area contributed by atoms with E-state index in [-0.39, 0.29) is 22.8 Å². The van der Waals surface area contributed by atoms with E-state index >= 15 is 0 Å². The maximum atomic E-state index is 13.0. The third-order valence-corrected chi connectivity index (χ3v) is 9.55. The van der Waals surface area contributed by atoms with Gasteiger partial charge in [-0.15, -0.1) is 0 Å². The summed E-state index contributed by atoms with van der Waals surface area (Å²) in [5, 5.41) is 0. The van der Waals surface area contributed by atoms with E-state index in [1.807, 2.05) is 98.7 Å². The van der Waals surface area contributed by atoms with Gasteiger partial charge in [0.1, 0.15) is 0 Å². The molecule has 3 nitrogen and oxygen atoms in total. The molecule has 0 aliphatic carbocycles. The van der Waals surface area contributed by atoms with Crippen molar-refractivity contribution in [3.05, 3.63) is 142 Å². The Kier molecular flexibility index (Phi) is 9.50. The van der Waals surface area contributed by atoms with Crippen LogP contribution in [0.1, 0.15) is 142 Å². The van der Waals surface area contributed by atoms with Crippen molar-refractivity contribution in [2.45, 2.75) is 93.9 Å². The molecule has 47 heavy (non-hydrogen) atoms. The molecular formula is C44H52O3. The first-order valence-electron chi connectivity index (χ1n) is 16.6. The number of Topliss-reactive ketones (excluding diaryl/α,β-unsaturated/α-hetero) is 3. The first-order valence-corrected chi connectivity index (χ1v) is 16.6. The minimum absolute atomic E-state index is 0.109. The lowest BCUT2D eigenvalue weighted by Gasteiger charge is -2.33. The summed E-state index contributed by atoms with van der Waals surface area (Å²) in [5.74, 6) is 0.355. The Hall–Kier alpha value is -4.11. The van der Waals surface area contributed by atoms with Crippen LogP contribution in [0.2, 0.25) is 0 Å². The van der Waals surface area contributed by atoms with Gasteiger partial charge in [-0.25, -0.2) is 0 Å². The quantitative estimate of drug-likeness (QED) is 0.144. The molecule has 0 atom stereocenters. The molecule has 0 aliphatic rings. The van der Waals surface area contributed by atoms with Gasteiger partial charge in [-0.3, -0.25) is 14.4 Å². The molecule has 0 fully saturated rings. The molecule has 3 heteroatoms. The van der Waals surface area contributed by atoms with Crippen LogP contribution in [0.25, 0.3) is 0 Å². The second kappa shape index (κ2) is 12.5. The summed E-state index contributed by atoms with van der Waals surface area (Å²) in [7, 11) is 0. The number of carbonyl (C=O) groups is 3. The molecule has 0 radical (unpaired) electrons. The van der Waals surface area contributed by atoms with E-state index < -0.39 is 21.7 Å². The average Bonchev–Trinajstić information content (AvgIpc) is 3.02. The summed E-state index contributed by atoms with van der Waals surface area (Å²) in [6.45, 7) is 24.1. The molecule has 4 rings (SSSR count). The largest absolute Gasteiger partial charge is 0.294 e. The van der Waals surface area contributed by atoms with Gasteiger partial charge in [0.05, 0.1) is 0 Å². The fourth-order valence-electron chi connectivity index (χ4n) is 6.13. The molecule has 4 aromatic rings. The Morgan fingerprint density at radius 3 is 0.745 bits per heavy atom. The summed E-state index contributed by atoms with van der Waals surface area (Å²) in [4.78, 5) is 38.9. The van der Waals surface area contributed by atoms with Crippen LogP contribution in [0.4, 0.5) is 0 Å². The van der Waals surface area contributed by atoms with Crippen LogP contribution in [-0.2, 0) is 10.8 Å². The third-order valence-electron chi connectivity index (χ3n) is 9.55. The Labute approximate surface area is 282 Å². The molecule has 0 spiro atoms. The number of hydrogen-bond acceptors (Lipinski definition) is 3. The van der Waals surface area contributed by atoms with Crippen LogP contribution in [0.15, 0.2) is 97.1 Å². The second-order valence-corrected chi connectivity index (χ2v) is 16.8. The van der Waals surface area contributed by atoms with E-state index in [9.17, 15) is 14.4 Å². The second-order valence-electron chi connectivity index (χ2n) is 16.8. The highest BCUT2D eigenvalue weighted by atomic mass is 16.1. The molecule has 0 amide bonds. The van der Waals surface area contributed by atoms with Gasteiger partial charge >= 0.3 is 0 Å². The van der Waals surface area contributed by atoms with Crippen LogP contribution >= 0.6 is 0 Å². The minimum Gasteiger partial charge on any atom is -0.294 e. The fraction of sp³-hybridized carbons (Fsp3) is 0.386. The van der Waals surface area contributed by atoms with Crippen LogP contribution in [-0.4, -0.2) is 17.3 Å². The Balaban J connectivity index is 1.77. The maximum Gasteiger partial charge on any atom is 0.168 e. The van der Waals surface area contributed by atoms with Crippen molar-refractivity contribution in [1.29, 1.82) is 0 Å². The van der Waals surface area contributed by atoms with E-state index in [0.29, 0.717) is 11.1 Å².